The number of carboxylic acids is 1. The highest BCUT2D eigenvalue weighted by Gasteiger charge is 2.22. The van der Waals surface area contributed by atoms with Crippen molar-refractivity contribution < 1.29 is 42.9 Å². The number of carbonyl (C=O) groups is 3. The number of unbranched alkanes of at least 4 members (excludes halogenated alkanes) is 42. The molecule has 0 bridgehead atoms. The monoisotopic (exact) mass is 1020 g/mol. The van der Waals surface area contributed by atoms with Crippen LogP contribution in [0.2, 0.25) is 0 Å². The molecule has 0 N–H and O–H groups in total. The van der Waals surface area contributed by atoms with Gasteiger partial charge in [0.1, 0.15) is 13.2 Å². The van der Waals surface area contributed by atoms with Gasteiger partial charge >= 0.3 is 11.9 Å². The molecule has 0 radical (unpaired) electrons. The van der Waals surface area contributed by atoms with Gasteiger partial charge in [0.2, 0.25) is 0 Å². The molecule has 0 aromatic carbocycles. The van der Waals surface area contributed by atoms with E-state index < -0.39 is 24.3 Å². The van der Waals surface area contributed by atoms with Gasteiger partial charge in [0.25, 0.3) is 0 Å². The molecule has 0 amide bonds. The Morgan fingerprint density at radius 1 is 0.403 bits per heavy atom. The van der Waals surface area contributed by atoms with Gasteiger partial charge in [-0.25, -0.2) is 0 Å². The lowest BCUT2D eigenvalue weighted by atomic mass is 10.0. The summed E-state index contributed by atoms with van der Waals surface area (Å²) < 4.78 is 22.7. The lowest BCUT2D eigenvalue weighted by Crippen LogP contribution is -2.44. The second-order valence-corrected chi connectivity index (χ2v) is 22.7. The van der Waals surface area contributed by atoms with Crippen LogP contribution < -0.4 is 5.11 Å². The normalized spacial score (nSPS) is 12.7. The molecule has 0 rings (SSSR count). The Labute approximate surface area is 446 Å². The summed E-state index contributed by atoms with van der Waals surface area (Å²) in [5, 5.41) is 11.8. The third-order valence-corrected chi connectivity index (χ3v) is 14.3. The quantitative estimate of drug-likeness (QED) is 0.0195. The Morgan fingerprint density at radius 3 is 1.03 bits per heavy atom. The molecule has 2 unspecified atom stereocenters. The number of hydrogen-bond acceptors (Lipinski definition) is 8. The second-order valence-electron chi connectivity index (χ2n) is 22.7. The van der Waals surface area contributed by atoms with Crippen molar-refractivity contribution in [2.75, 3.05) is 47.5 Å². The van der Waals surface area contributed by atoms with Crippen molar-refractivity contribution in [1.82, 2.24) is 0 Å². The third-order valence-electron chi connectivity index (χ3n) is 14.3. The number of allylic oxidation sites excluding steroid dienone is 2. The molecule has 9 heteroatoms. The van der Waals surface area contributed by atoms with Crippen molar-refractivity contribution >= 4 is 17.9 Å². The number of carbonyl (C=O) groups excluding carboxylic acids is 3. The van der Waals surface area contributed by atoms with Crippen LogP contribution in [-0.2, 0) is 33.3 Å². The first-order chi connectivity index (χ1) is 35.1. The molecule has 0 saturated carbocycles. The van der Waals surface area contributed by atoms with E-state index in [1.165, 1.54) is 238 Å². The van der Waals surface area contributed by atoms with Crippen LogP contribution in [0.3, 0.4) is 0 Å². The van der Waals surface area contributed by atoms with Crippen molar-refractivity contribution in [3.8, 4) is 0 Å². The maximum Gasteiger partial charge on any atom is 0.306 e. The highest BCUT2D eigenvalue weighted by atomic mass is 16.7. The van der Waals surface area contributed by atoms with Gasteiger partial charge in [-0.05, 0) is 38.5 Å². The zero-order chi connectivity index (χ0) is 52.7. The number of likely N-dealkylation sites (N-methyl/N-ethyl adjacent to an activating group) is 1. The summed E-state index contributed by atoms with van der Waals surface area (Å²) >= 11 is 0. The Balaban J connectivity index is 4.07. The summed E-state index contributed by atoms with van der Waals surface area (Å²) in [6, 6.07) is 0. The van der Waals surface area contributed by atoms with Gasteiger partial charge in [-0.2, -0.15) is 0 Å². The summed E-state index contributed by atoms with van der Waals surface area (Å²) in [5.74, 6) is -2.26. The van der Waals surface area contributed by atoms with E-state index in [2.05, 4.69) is 26.0 Å². The molecule has 2 atom stereocenters. The molecule has 426 valence electrons. The van der Waals surface area contributed by atoms with Crippen LogP contribution in [0.5, 0.6) is 0 Å². The molecule has 0 aromatic heterocycles. The van der Waals surface area contributed by atoms with Crippen LogP contribution in [0.15, 0.2) is 12.2 Å². The average Bonchev–Trinajstić information content (AvgIpc) is 3.35. The largest absolute Gasteiger partial charge is 0.545 e. The molecule has 0 heterocycles. The number of esters is 2. The number of rotatable bonds is 59. The van der Waals surface area contributed by atoms with Crippen LogP contribution in [0, 0.1) is 0 Å². The lowest BCUT2D eigenvalue weighted by Gasteiger charge is -2.26. The molecule has 0 saturated heterocycles. The van der Waals surface area contributed by atoms with Crippen LogP contribution in [0.4, 0.5) is 0 Å². The molecular weight excluding hydrogens is 899 g/mol. The highest BCUT2D eigenvalue weighted by Crippen LogP contribution is 2.18. The van der Waals surface area contributed by atoms with E-state index in [1.807, 2.05) is 21.1 Å². The van der Waals surface area contributed by atoms with Crippen LogP contribution >= 0.6 is 0 Å². The Morgan fingerprint density at radius 2 is 0.708 bits per heavy atom. The predicted molar refractivity (Wildman–Crippen MR) is 302 cm³/mol. The van der Waals surface area contributed by atoms with Gasteiger partial charge in [-0.3, -0.25) is 9.59 Å². The first-order valence-corrected chi connectivity index (χ1v) is 31.3. The van der Waals surface area contributed by atoms with Crippen LogP contribution in [0.25, 0.3) is 0 Å². The summed E-state index contributed by atoms with van der Waals surface area (Å²) in [6.45, 7) is 4.80. The van der Waals surface area contributed by atoms with Gasteiger partial charge in [0.15, 0.2) is 12.4 Å². The Bertz CT molecular complexity index is 1190. The molecule has 0 spiro atoms. The third kappa shape index (κ3) is 55.8. The lowest BCUT2D eigenvalue weighted by molar-refractivity contribution is -0.870. The Hall–Kier alpha value is -1.97. The van der Waals surface area contributed by atoms with Crippen LogP contribution in [0.1, 0.15) is 316 Å². The van der Waals surface area contributed by atoms with Gasteiger partial charge < -0.3 is 33.3 Å². The first kappa shape index (κ1) is 70.0. The van der Waals surface area contributed by atoms with Crippen molar-refractivity contribution in [1.29, 1.82) is 0 Å². The minimum Gasteiger partial charge on any atom is -0.545 e. The number of aliphatic carboxylic acids is 1. The van der Waals surface area contributed by atoms with Crippen molar-refractivity contribution in [2.45, 2.75) is 328 Å². The molecule has 9 nitrogen and oxygen atoms in total. The zero-order valence-electron chi connectivity index (χ0n) is 48.6. The SMILES string of the molecule is CCCCCCCC/C=C\CCCCCCCCCC(=O)OC(COC(=O)CCCCCCCCCCCCCCCCCCCCCCCCCCCCCCCC)COC(OCC[N+](C)(C)C)C(=O)[O-]. The zero-order valence-corrected chi connectivity index (χ0v) is 48.6. The topological polar surface area (TPSA) is 111 Å². The van der Waals surface area contributed by atoms with Gasteiger partial charge in [0, 0.05) is 12.8 Å². The number of ether oxygens (including phenoxy) is 4. The molecule has 0 aliphatic carbocycles. The number of hydrogen-bond donors (Lipinski definition) is 0. The van der Waals surface area contributed by atoms with Gasteiger partial charge in [-0.15, -0.1) is 0 Å². The van der Waals surface area contributed by atoms with E-state index in [0.717, 1.165) is 44.9 Å². The van der Waals surface area contributed by atoms with Gasteiger partial charge in [0.05, 0.1) is 40.3 Å². The van der Waals surface area contributed by atoms with E-state index in [1.54, 1.807) is 0 Å². The maximum atomic E-state index is 12.8. The number of quaternary nitrogens is 1. The van der Waals surface area contributed by atoms with E-state index in [0.29, 0.717) is 23.9 Å². The van der Waals surface area contributed by atoms with Crippen molar-refractivity contribution in [2.24, 2.45) is 0 Å². The van der Waals surface area contributed by atoms with E-state index in [9.17, 15) is 19.5 Å². The molecule has 0 aliphatic heterocycles. The number of carboxylic acid groups (broad SMARTS) is 1. The summed E-state index contributed by atoms with van der Waals surface area (Å²) in [6.07, 6.45) is 61.4. The standard InChI is InChI=1S/C63H121NO8/c1-6-8-10-12-14-16-18-20-22-24-25-26-27-28-29-30-31-32-33-34-35-36-38-39-41-43-45-47-49-51-53-60(65)70-57-59(58-71-63(62(67)68)69-56-55-64(3,4)5)72-61(66)54-52-50-48-46-44-42-40-37-23-21-19-17-15-13-11-9-7-2/h21,23,59,63H,6-20,22,24-58H2,1-5H3/b23-21-. The fraction of sp³-hybridized carbons (Fsp3) is 0.921. The fourth-order valence-electron chi connectivity index (χ4n) is 9.42. The Kier molecular flexibility index (Phi) is 53.8. The first-order valence-electron chi connectivity index (χ1n) is 31.3. The van der Waals surface area contributed by atoms with Crippen LogP contribution in [-0.4, -0.2) is 82.3 Å². The average molecular weight is 1020 g/mol. The molecular formula is C63H121NO8. The van der Waals surface area contributed by atoms with E-state index in [4.69, 9.17) is 18.9 Å². The van der Waals surface area contributed by atoms with Gasteiger partial charge in [-0.1, -0.05) is 276 Å². The molecule has 0 fully saturated rings. The van der Waals surface area contributed by atoms with Crippen molar-refractivity contribution in [3.63, 3.8) is 0 Å². The smallest absolute Gasteiger partial charge is 0.306 e. The predicted octanol–water partition coefficient (Wildman–Crippen LogP) is 17.2. The maximum absolute atomic E-state index is 12.8. The number of nitrogens with zero attached hydrogens (tertiary/aromatic N) is 1. The minimum atomic E-state index is -1.62. The second kappa shape index (κ2) is 55.3. The summed E-state index contributed by atoms with van der Waals surface area (Å²) in [4.78, 5) is 37.3. The fourth-order valence-corrected chi connectivity index (χ4v) is 9.42. The molecule has 72 heavy (non-hydrogen) atoms. The van der Waals surface area contributed by atoms with E-state index >= 15 is 0 Å². The summed E-state index contributed by atoms with van der Waals surface area (Å²) in [5.41, 5.74) is 0. The molecule has 0 aromatic rings. The highest BCUT2D eigenvalue weighted by molar-refractivity contribution is 5.70. The molecule has 0 aliphatic rings. The van der Waals surface area contributed by atoms with E-state index in [-0.39, 0.29) is 32.2 Å². The summed E-state index contributed by atoms with van der Waals surface area (Å²) in [7, 11) is 5.93. The minimum absolute atomic E-state index is 0.150. The van der Waals surface area contributed by atoms with Crippen molar-refractivity contribution in [3.05, 3.63) is 12.2 Å².